The van der Waals surface area contributed by atoms with Gasteiger partial charge in [0, 0.05) is 13.1 Å². The molecule has 2 rings (SSSR count). The number of esters is 1. The Morgan fingerprint density at radius 2 is 2.07 bits per heavy atom. The number of benzene rings is 1. The van der Waals surface area contributed by atoms with Crippen molar-refractivity contribution in [2.75, 3.05) is 26.3 Å². The predicted molar refractivity (Wildman–Crippen MR) is 107 cm³/mol. The minimum absolute atomic E-state index is 0.0828. The molecule has 2 amide bonds. The smallest absolute Gasteiger partial charge is 0.308 e. The maximum Gasteiger partial charge on any atom is 0.308 e. The van der Waals surface area contributed by atoms with Crippen LogP contribution in [0.2, 0.25) is 0 Å². The Morgan fingerprint density at radius 1 is 1.32 bits per heavy atom. The Morgan fingerprint density at radius 3 is 2.79 bits per heavy atom. The van der Waals surface area contributed by atoms with Crippen LogP contribution < -0.4 is 15.4 Å². The number of nitrogens with one attached hydrogen (secondary N) is 2. The second-order valence-electron chi connectivity index (χ2n) is 6.11. The van der Waals surface area contributed by atoms with Gasteiger partial charge in [-0.05, 0) is 37.7 Å². The summed E-state index contributed by atoms with van der Waals surface area (Å²) in [5.41, 5.74) is 0.349. The first-order valence-corrected chi connectivity index (χ1v) is 9.65. The summed E-state index contributed by atoms with van der Waals surface area (Å²) in [5, 5.41) is 5.43. The van der Waals surface area contributed by atoms with Gasteiger partial charge in [0.25, 0.3) is 5.91 Å². The molecule has 1 atom stereocenters. The Kier molecular flexibility index (Phi) is 8.19. The van der Waals surface area contributed by atoms with Crippen LogP contribution in [0.5, 0.6) is 5.75 Å². The van der Waals surface area contributed by atoms with Crippen molar-refractivity contribution in [3.63, 3.8) is 0 Å². The van der Waals surface area contributed by atoms with Gasteiger partial charge in [0.15, 0.2) is 5.11 Å². The number of hydrogen-bond donors (Lipinski definition) is 2. The molecule has 0 aliphatic carbocycles. The third kappa shape index (κ3) is 5.66. The molecule has 1 aromatic rings. The maximum atomic E-state index is 12.7. The van der Waals surface area contributed by atoms with Crippen LogP contribution in [-0.4, -0.2) is 60.1 Å². The summed E-state index contributed by atoms with van der Waals surface area (Å²) in [6, 6.07) is 6.04. The van der Waals surface area contributed by atoms with E-state index in [0.717, 1.165) is 6.42 Å². The fourth-order valence-electron chi connectivity index (χ4n) is 2.77. The molecular weight excluding hydrogens is 382 g/mol. The molecule has 0 spiro atoms. The Hall–Kier alpha value is -2.68. The summed E-state index contributed by atoms with van der Waals surface area (Å²) in [7, 11) is 0. The van der Waals surface area contributed by atoms with E-state index < -0.39 is 17.9 Å². The number of para-hydroxylation sites is 1. The maximum absolute atomic E-state index is 12.7. The van der Waals surface area contributed by atoms with Crippen LogP contribution in [0.4, 0.5) is 0 Å². The number of thiocarbonyl (C=S) groups is 1. The molecule has 1 unspecified atom stereocenters. The van der Waals surface area contributed by atoms with Gasteiger partial charge in [0.2, 0.25) is 5.91 Å². The average Bonchev–Trinajstić information content (AvgIpc) is 2.68. The molecular formula is C19H25N3O5S. The third-order valence-electron chi connectivity index (χ3n) is 4.07. The molecule has 1 heterocycles. The standard InChI is InChI=1S/C19H25N3O5S/c1-3-11-27-15-8-6-5-7-13(15)17(24)21-19(28)22-10-9-20-18(25)14(22)12-16(23)26-4-2/h5-8,14H,3-4,9-12H2,1-2H3,(H,20,25)(H,21,24,28). The van der Waals surface area contributed by atoms with Crippen LogP contribution >= 0.6 is 12.2 Å². The summed E-state index contributed by atoms with van der Waals surface area (Å²) < 4.78 is 10.5. The van der Waals surface area contributed by atoms with Gasteiger partial charge in [-0.25, -0.2) is 0 Å². The van der Waals surface area contributed by atoms with Crippen molar-refractivity contribution < 1.29 is 23.9 Å². The lowest BCUT2D eigenvalue weighted by Crippen LogP contribution is -2.60. The second kappa shape index (κ2) is 10.6. The van der Waals surface area contributed by atoms with Gasteiger partial charge in [-0.1, -0.05) is 19.1 Å². The molecule has 0 aromatic heterocycles. The number of nitrogens with zero attached hydrogens (tertiary/aromatic N) is 1. The van der Waals surface area contributed by atoms with E-state index in [1.165, 1.54) is 0 Å². The highest BCUT2D eigenvalue weighted by molar-refractivity contribution is 7.80. The number of carbonyl (C=O) groups is 3. The van der Waals surface area contributed by atoms with Gasteiger partial charge in [-0.2, -0.15) is 0 Å². The predicted octanol–water partition coefficient (Wildman–Crippen LogP) is 1.24. The van der Waals surface area contributed by atoms with Crippen LogP contribution in [0.15, 0.2) is 24.3 Å². The van der Waals surface area contributed by atoms with E-state index in [1.54, 1.807) is 36.1 Å². The summed E-state index contributed by atoms with van der Waals surface area (Å²) in [4.78, 5) is 38.3. The lowest BCUT2D eigenvalue weighted by atomic mass is 10.1. The minimum atomic E-state index is -0.827. The molecule has 0 bridgehead atoms. The first-order chi connectivity index (χ1) is 13.5. The molecule has 8 nitrogen and oxygen atoms in total. The number of rotatable bonds is 7. The quantitative estimate of drug-likeness (QED) is 0.519. The van der Waals surface area contributed by atoms with Crippen molar-refractivity contribution in [1.82, 2.24) is 15.5 Å². The van der Waals surface area contributed by atoms with Gasteiger partial charge in [-0.15, -0.1) is 0 Å². The zero-order valence-electron chi connectivity index (χ0n) is 16.0. The lowest BCUT2D eigenvalue weighted by molar-refractivity contribution is -0.147. The Labute approximate surface area is 169 Å². The third-order valence-corrected chi connectivity index (χ3v) is 4.41. The van der Waals surface area contributed by atoms with E-state index in [2.05, 4.69) is 10.6 Å². The van der Waals surface area contributed by atoms with E-state index in [-0.39, 0.29) is 24.0 Å². The van der Waals surface area contributed by atoms with Crippen molar-refractivity contribution in [2.45, 2.75) is 32.7 Å². The monoisotopic (exact) mass is 407 g/mol. The topological polar surface area (TPSA) is 97.0 Å². The van der Waals surface area contributed by atoms with E-state index in [1.807, 2.05) is 6.92 Å². The number of hydrogen-bond acceptors (Lipinski definition) is 6. The molecule has 1 saturated heterocycles. The zero-order chi connectivity index (χ0) is 20.5. The molecule has 1 aliphatic rings. The molecule has 1 fully saturated rings. The van der Waals surface area contributed by atoms with Crippen molar-refractivity contribution in [3.8, 4) is 5.75 Å². The van der Waals surface area contributed by atoms with Crippen molar-refractivity contribution in [3.05, 3.63) is 29.8 Å². The molecule has 2 N–H and O–H groups in total. The highest BCUT2D eigenvalue weighted by atomic mass is 32.1. The molecule has 1 aromatic carbocycles. The van der Waals surface area contributed by atoms with Gasteiger partial charge < -0.3 is 19.7 Å². The SMILES string of the molecule is CCCOc1ccccc1C(=O)NC(=S)N1CCNC(=O)C1CC(=O)OCC. The summed E-state index contributed by atoms with van der Waals surface area (Å²) in [6.45, 7) is 5.13. The Bertz CT molecular complexity index is 740. The molecule has 152 valence electrons. The molecule has 1 aliphatic heterocycles. The van der Waals surface area contributed by atoms with E-state index >= 15 is 0 Å². The molecule has 28 heavy (non-hydrogen) atoms. The van der Waals surface area contributed by atoms with Crippen LogP contribution in [-0.2, 0) is 14.3 Å². The lowest BCUT2D eigenvalue weighted by Gasteiger charge is -2.36. The fourth-order valence-corrected chi connectivity index (χ4v) is 3.08. The van der Waals surface area contributed by atoms with E-state index in [0.29, 0.717) is 31.0 Å². The molecule has 9 heteroatoms. The van der Waals surface area contributed by atoms with Crippen LogP contribution in [0.3, 0.4) is 0 Å². The first kappa shape index (κ1) is 21.6. The van der Waals surface area contributed by atoms with Gasteiger partial charge >= 0.3 is 5.97 Å². The van der Waals surface area contributed by atoms with Crippen molar-refractivity contribution in [2.24, 2.45) is 0 Å². The van der Waals surface area contributed by atoms with Crippen LogP contribution in [0, 0.1) is 0 Å². The first-order valence-electron chi connectivity index (χ1n) is 9.25. The van der Waals surface area contributed by atoms with Gasteiger partial charge in [-0.3, -0.25) is 19.7 Å². The zero-order valence-corrected chi connectivity index (χ0v) is 16.8. The van der Waals surface area contributed by atoms with Gasteiger partial charge in [0.05, 0.1) is 25.2 Å². The van der Waals surface area contributed by atoms with Gasteiger partial charge in [0.1, 0.15) is 11.8 Å². The van der Waals surface area contributed by atoms with Crippen molar-refractivity contribution >= 4 is 35.1 Å². The van der Waals surface area contributed by atoms with Crippen LogP contribution in [0.1, 0.15) is 37.0 Å². The Balaban J connectivity index is 2.10. The average molecular weight is 407 g/mol. The normalized spacial score (nSPS) is 16.1. The van der Waals surface area contributed by atoms with Crippen LogP contribution in [0.25, 0.3) is 0 Å². The van der Waals surface area contributed by atoms with E-state index in [4.69, 9.17) is 21.7 Å². The summed E-state index contributed by atoms with van der Waals surface area (Å²) in [5.74, 6) is -0.800. The molecule has 0 saturated carbocycles. The second-order valence-corrected chi connectivity index (χ2v) is 6.50. The highest BCUT2D eigenvalue weighted by Gasteiger charge is 2.34. The number of carbonyl (C=O) groups excluding carboxylic acids is 3. The summed E-state index contributed by atoms with van der Waals surface area (Å²) >= 11 is 5.35. The van der Waals surface area contributed by atoms with Crippen molar-refractivity contribution in [1.29, 1.82) is 0 Å². The highest BCUT2D eigenvalue weighted by Crippen LogP contribution is 2.18. The minimum Gasteiger partial charge on any atom is -0.493 e. The number of amides is 2. The largest absolute Gasteiger partial charge is 0.493 e. The summed E-state index contributed by atoms with van der Waals surface area (Å²) in [6.07, 6.45) is 0.665. The molecule has 0 radical (unpaired) electrons. The van der Waals surface area contributed by atoms with E-state index in [9.17, 15) is 14.4 Å². The number of ether oxygens (including phenoxy) is 2. The number of piperazine rings is 1. The fraction of sp³-hybridized carbons (Fsp3) is 0.474.